The number of benzene rings is 2. The van der Waals surface area contributed by atoms with Gasteiger partial charge in [0.25, 0.3) is 0 Å². The number of piperazine rings is 1. The highest BCUT2D eigenvalue weighted by Gasteiger charge is 2.30. The maximum absolute atomic E-state index is 6.48. The first-order chi connectivity index (χ1) is 19.1. The number of fused-ring (bicyclic) bond motifs is 2. The Morgan fingerprint density at radius 3 is 2.49 bits per heavy atom. The summed E-state index contributed by atoms with van der Waals surface area (Å²) in [5.74, 6) is 1.50. The maximum Gasteiger partial charge on any atom is 0.146 e. The Labute approximate surface area is 228 Å². The van der Waals surface area contributed by atoms with Gasteiger partial charge in [-0.2, -0.15) is 0 Å². The molecule has 0 bridgehead atoms. The van der Waals surface area contributed by atoms with Crippen molar-refractivity contribution in [3.05, 3.63) is 72.4 Å². The molecule has 2 fully saturated rings. The summed E-state index contributed by atoms with van der Waals surface area (Å²) in [5, 5.41) is 0.946. The third-order valence-electron chi connectivity index (χ3n) is 8.81. The average molecular weight is 521 g/mol. The zero-order valence-corrected chi connectivity index (χ0v) is 22.6. The van der Waals surface area contributed by atoms with Crippen molar-refractivity contribution < 1.29 is 0 Å². The molecule has 2 aliphatic rings. The van der Waals surface area contributed by atoms with Gasteiger partial charge in [-0.1, -0.05) is 36.4 Å². The number of H-pyrrole nitrogens is 1. The minimum Gasteiger partial charge on any atom is -0.383 e. The normalized spacial score (nSPS) is 21.2. The molecule has 5 aromatic rings. The van der Waals surface area contributed by atoms with Crippen LogP contribution in [-0.2, 0) is 6.42 Å². The number of aromatic amines is 1. The van der Waals surface area contributed by atoms with E-state index in [1.165, 1.54) is 44.6 Å². The molecule has 1 aliphatic heterocycles. The van der Waals surface area contributed by atoms with Gasteiger partial charge >= 0.3 is 0 Å². The third kappa shape index (κ3) is 4.68. The van der Waals surface area contributed by atoms with E-state index in [1.807, 2.05) is 6.07 Å². The van der Waals surface area contributed by atoms with Crippen molar-refractivity contribution in [2.75, 3.05) is 39.0 Å². The minimum atomic E-state index is 0.424. The average Bonchev–Trinajstić information content (AvgIpc) is 3.56. The SMILES string of the molecule is CN1CCN(C2CCC(n3cc(-c4ccc5nc(Cc6ccccc6)[nH]c5c4)c4c(N)ncnc43)CC2)CC1. The summed E-state index contributed by atoms with van der Waals surface area (Å²) >= 11 is 0. The highest BCUT2D eigenvalue weighted by molar-refractivity contribution is 6.01. The number of nitrogen functional groups attached to an aromatic ring is 1. The van der Waals surface area contributed by atoms with Crippen LogP contribution in [0.4, 0.5) is 5.82 Å². The summed E-state index contributed by atoms with van der Waals surface area (Å²) in [7, 11) is 2.23. The van der Waals surface area contributed by atoms with E-state index in [2.05, 4.69) is 80.0 Å². The second-order valence-corrected chi connectivity index (χ2v) is 11.3. The number of nitrogens with zero attached hydrogens (tertiary/aromatic N) is 6. The lowest BCUT2D eigenvalue weighted by Gasteiger charge is -2.41. The predicted molar refractivity (Wildman–Crippen MR) is 157 cm³/mol. The molecule has 8 heteroatoms. The highest BCUT2D eigenvalue weighted by Crippen LogP contribution is 2.39. The fourth-order valence-corrected chi connectivity index (χ4v) is 6.60. The summed E-state index contributed by atoms with van der Waals surface area (Å²) < 4.78 is 2.38. The summed E-state index contributed by atoms with van der Waals surface area (Å²) in [4.78, 5) is 22.6. The van der Waals surface area contributed by atoms with Crippen LogP contribution < -0.4 is 5.73 Å². The lowest BCUT2D eigenvalue weighted by Crippen LogP contribution is -2.49. The monoisotopic (exact) mass is 520 g/mol. The van der Waals surface area contributed by atoms with E-state index in [1.54, 1.807) is 6.33 Å². The maximum atomic E-state index is 6.48. The van der Waals surface area contributed by atoms with E-state index in [-0.39, 0.29) is 0 Å². The van der Waals surface area contributed by atoms with E-state index in [4.69, 9.17) is 15.7 Å². The van der Waals surface area contributed by atoms with Crippen LogP contribution in [0.5, 0.6) is 0 Å². The zero-order valence-electron chi connectivity index (χ0n) is 22.6. The summed E-state index contributed by atoms with van der Waals surface area (Å²) in [6.45, 7) is 4.73. The number of hydrogen-bond acceptors (Lipinski definition) is 6. The van der Waals surface area contributed by atoms with Crippen LogP contribution >= 0.6 is 0 Å². The lowest BCUT2D eigenvalue weighted by molar-refractivity contribution is 0.0828. The third-order valence-corrected chi connectivity index (χ3v) is 8.81. The fraction of sp³-hybridized carbons (Fsp3) is 0.387. The van der Waals surface area contributed by atoms with Gasteiger partial charge in [-0.15, -0.1) is 0 Å². The number of nitrogens with one attached hydrogen (secondary N) is 1. The number of likely N-dealkylation sites (N-methyl/N-ethyl adjacent to an activating group) is 1. The predicted octanol–water partition coefficient (Wildman–Crippen LogP) is 4.88. The van der Waals surface area contributed by atoms with E-state index in [0.29, 0.717) is 17.9 Å². The Balaban J connectivity index is 1.17. The van der Waals surface area contributed by atoms with Crippen molar-refractivity contribution in [2.45, 2.75) is 44.2 Å². The Kier molecular flexibility index (Phi) is 6.29. The molecule has 0 radical (unpaired) electrons. The van der Waals surface area contributed by atoms with Gasteiger partial charge in [-0.25, -0.2) is 15.0 Å². The van der Waals surface area contributed by atoms with E-state index < -0.39 is 0 Å². The number of imidazole rings is 1. The van der Waals surface area contributed by atoms with E-state index >= 15 is 0 Å². The van der Waals surface area contributed by atoms with Gasteiger partial charge in [0, 0.05) is 56.4 Å². The molecule has 1 saturated carbocycles. The lowest BCUT2D eigenvalue weighted by atomic mass is 9.89. The van der Waals surface area contributed by atoms with Crippen molar-refractivity contribution in [3.63, 3.8) is 0 Å². The molecule has 0 spiro atoms. The number of nitrogens with two attached hydrogens (primary N) is 1. The molecule has 8 nitrogen and oxygen atoms in total. The van der Waals surface area contributed by atoms with Crippen molar-refractivity contribution in [3.8, 4) is 11.1 Å². The Hall–Kier alpha value is -3.75. The molecule has 3 N–H and O–H groups in total. The highest BCUT2D eigenvalue weighted by atomic mass is 15.3. The Morgan fingerprint density at radius 1 is 0.923 bits per heavy atom. The molecule has 0 unspecified atom stereocenters. The number of anilines is 1. The van der Waals surface area contributed by atoms with Crippen molar-refractivity contribution in [1.82, 2.24) is 34.3 Å². The van der Waals surface area contributed by atoms with Crippen LogP contribution in [0, 0.1) is 0 Å². The molecule has 200 valence electrons. The van der Waals surface area contributed by atoms with E-state index in [0.717, 1.165) is 58.3 Å². The fourth-order valence-electron chi connectivity index (χ4n) is 6.60. The Bertz CT molecular complexity index is 1590. The van der Waals surface area contributed by atoms with Gasteiger partial charge < -0.3 is 20.2 Å². The van der Waals surface area contributed by atoms with Gasteiger partial charge in [0.2, 0.25) is 0 Å². The number of hydrogen-bond donors (Lipinski definition) is 2. The molecule has 7 rings (SSSR count). The van der Waals surface area contributed by atoms with Crippen molar-refractivity contribution >= 4 is 27.9 Å². The van der Waals surface area contributed by atoms with E-state index in [9.17, 15) is 0 Å². The topological polar surface area (TPSA) is 91.9 Å². The van der Waals surface area contributed by atoms with Crippen LogP contribution in [0.15, 0.2) is 61.1 Å². The summed E-state index contributed by atoms with van der Waals surface area (Å²) in [6.07, 6.45) is 9.42. The summed E-state index contributed by atoms with van der Waals surface area (Å²) in [5.41, 5.74) is 12.9. The number of rotatable bonds is 5. The first-order valence-corrected chi connectivity index (χ1v) is 14.2. The molecule has 39 heavy (non-hydrogen) atoms. The minimum absolute atomic E-state index is 0.424. The second-order valence-electron chi connectivity index (χ2n) is 11.3. The van der Waals surface area contributed by atoms with Crippen LogP contribution in [0.2, 0.25) is 0 Å². The molecule has 1 saturated heterocycles. The molecular formula is C31H36N8. The standard InChI is InChI=1S/C31H36N8/c1-37-13-15-38(16-14-37)23-8-10-24(11-9-23)39-19-25(29-30(32)33-20-34-31(29)39)22-7-12-26-27(18-22)36-28(35-26)17-21-5-3-2-4-6-21/h2-7,12,18-20,23-24H,8-11,13-17H2,1H3,(H,35,36)(H2,32,33,34). The first kappa shape index (κ1) is 24.3. The zero-order chi connectivity index (χ0) is 26.3. The van der Waals surface area contributed by atoms with Crippen LogP contribution in [0.25, 0.3) is 33.2 Å². The van der Waals surface area contributed by atoms with Gasteiger partial charge in [0.05, 0.1) is 16.4 Å². The molecule has 4 heterocycles. The van der Waals surface area contributed by atoms with Gasteiger partial charge in [-0.05, 0) is 56.0 Å². The first-order valence-electron chi connectivity index (χ1n) is 14.2. The van der Waals surface area contributed by atoms with Crippen LogP contribution in [0.1, 0.15) is 43.1 Å². The van der Waals surface area contributed by atoms with Crippen LogP contribution in [-0.4, -0.2) is 73.6 Å². The molecule has 3 aromatic heterocycles. The second kappa shape index (κ2) is 10.1. The molecule has 0 atom stereocenters. The number of aromatic nitrogens is 5. The van der Waals surface area contributed by atoms with Gasteiger partial charge in [0.1, 0.15) is 23.6 Å². The van der Waals surface area contributed by atoms with Gasteiger partial charge in [-0.3, -0.25) is 4.90 Å². The quantitative estimate of drug-likeness (QED) is 0.343. The van der Waals surface area contributed by atoms with Crippen molar-refractivity contribution in [1.29, 1.82) is 0 Å². The molecular weight excluding hydrogens is 484 g/mol. The largest absolute Gasteiger partial charge is 0.383 e. The Morgan fingerprint density at radius 2 is 1.69 bits per heavy atom. The summed E-state index contributed by atoms with van der Waals surface area (Å²) in [6, 6.07) is 18.0. The van der Waals surface area contributed by atoms with Crippen LogP contribution in [0.3, 0.4) is 0 Å². The van der Waals surface area contributed by atoms with Gasteiger partial charge in [0.15, 0.2) is 0 Å². The smallest absolute Gasteiger partial charge is 0.146 e. The molecule has 2 aromatic carbocycles. The van der Waals surface area contributed by atoms with Crippen molar-refractivity contribution in [2.24, 2.45) is 0 Å². The molecule has 0 amide bonds. The molecule has 1 aliphatic carbocycles.